The molecular formula is C13H16F3NO2. The number of benzene rings is 1. The molecule has 1 aromatic rings. The molecule has 6 heteroatoms. The lowest BCUT2D eigenvalue weighted by molar-refractivity contribution is -0.275. The molecule has 1 aliphatic rings. The van der Waals surface area contributed by atoms with E-state index in [2.05, 4.69) is 10.1 Å². The summed E-state index contributed by atoms with van der Waals surface area (Å²) in [7, 11) is 0. The number of nitrogens with one attached hydrogen (secondary N) is 1. The van der Waals surface area contributed by atoms with E-state index in [0.29, 0.717) is 19.5 Å². The maximum atomic E-state index is 12.4. The highest BCUT2D eigenvalue weighted by Gasteiger charge is 2.41. The van der Waals surface area contributed by atoms with Gasteiger partial charge in [-0.05, 0) is 19.0 Å². The van der Waals surface area contributed by atoms with Gasteiger partial charge in [0.05, 0.1) is 5.60 Å². The number of hydrogen-bond donors (Lipinski definition) is 2. The fourth-order valence-electron chi connectivity index (χ4n) is 2.45. The Morgan fingerprint density at radius 1 is 1.37 bits per heavy atom. The fourth-order valence-corrected chi connectivity index (χ4v) is 2.45. The van der Waals surface area contributed by atoms with Gasteiger partial charge in [-0.25, -0.2) is 0 Å². The Labute approximate surface area is 109 Å². The maximum Gasteiger partial charge on any atom is 0.573 e. The first-order valence-corrected chi connectivity index (χ1v) is 6.11. The van der Waals surface area contributed by atoms with E-state index in [9.17, 15) is 18.3 Å². The van der Waals surface area contributed by atoms with Crippen LogP contribution >= 0.6 is 0 Å². The van der Waals surface area contributed by atoms with Gasteiger partial charge in [-0.2, -0.15) is 0 Å². The van der Waals surface area contributed by atoms with Gasteiger partial charge in [0.2, 0.25) is 0 Å². The third-order valence-corrected chi connectivity index (χ3v) is 3.53. The predicted octanol–water partition coefficient (Wildman–Crippen LogP) is 2.40. The van der Waals surface area contributed by atoms with Crippen molar-refractivity contribution < 1.29 is 23.0 Å². The van der Waals surface area contributed by atoms with E-state index >= 15 is 0 Å². The summed E-state index contributed by atoms with van der Waals surface area (Å²) in [5.74, 6) is -0.523. The van der Waals surface area contributed by atoms with Crippen LogP contribution in [0.2, 0.25) is 0 Å². The number of para-hydroxylation sites is 1. The van der Waals surface area contributed by atoms with Crippen molar-refractivity contribution >= 4 is 0 Å². The summed E-state index contributed by atoms with van der Waals surface area (Å²) in [6.07, 6.45) is -4.41. The van der Waals surface area contributed by atoms with Crippen molar-refractivity contribution in [3.8, 4) is 5.75 Å². The third kappa shape index (κ3) is 3.01. The smallest absolute Gasteiger partial charge is 0.405 e. The van der Waals surface area contributed by atoms with Crippen LogP contribution in [0.4, 0.5) is 13.2 Å². The highest BCUT2D eigenvalue weighted by atomic mass is 19.4. The van der Waals surface area contributed by atoms with Crippen molar-refractivity contribution in [1.82, 2.24) is 5.32 Å². The summed E-state index contributed by atoms with van der Waals surface area (Å²) in [6.45, 7) is 2.91. The maximum absolute atomic E-state index is 12.4. The summed E-state index contributed by atoms with van der Waals surface area (Å²) in [5, 5.41) is 13.8. The minimum atomic E-state index is -4.76. The van der Waals surface area contributed by atoms with Crippen molar-refractivity contribution in [3.63, 3.8) is 0 Å². The van der Waals surface area contributed by atoms with Crippen molar-refractivity contribution in [3.05, 3.63) is 29.8 Å². The van der Waals surface area contributed by atoms with Crippen LogP contribution in [0.3, 0.4) is 0 Å². The van der Waals surface area contributed by atoms with E-state index in [4.69, 9.17) is 0 Å². The number of alkyl halides is 3. The number of ether oxygens (including phenoxy) is 1. The zero-order valence-corrected chi connectivity index (χ0v) is 10.5. The zero-order chi connectivity index (χ0) is 14.1. The van der Waals surface area contributed by atoms with Crippen LogP contribution in [0.5, 0.6) is 5.75 Å². The second kappa shape index (κ2) is 5.02. The lowest BCUT2D eigenvalue weighted by atomic mass is 9.77. The molecule has 1 heterocycles. The van der Waals surface area contributed by atoms with Gasteiger partial charge in [-0.1, -0.05) is 25.1 Å². The van der Waals surface area contributed by atoms with Crippen LogP contribution in [-0.4, -0.2) is 24.6 Å². The molecule has 1 fully saturated rings. The molecule has 0 bridgehead atoms. The van der Waals surface area contributed by atoms with Crippen molar-refractivity contribution in [2.45, 2.75) is 25.3 Å². The minimum Gasteiger partial charge on any atom is -0.405 e. The van der Waals surface area contributed by atoms with E-state index < -0.39 is 12.0 Å². The topological polar surface area (TPSA) is 41.5 Å². The van der Waals surface area contributed by atoms with E-state index in [0.717, 1.165) is 0 Å². The molecule has 0 saturated carbocycles. The molecule has 1 aliphatic heterocycles. The number of halogens is 3. The van der Waals surface area contributed by atoms with Crippen LogP contribution in [0, 0.1) is 5.92 Å². The molecule has 2 rings (SSSR count). The molecule has 0 aliphatic carbocycles. The molecule has 2 N–H and O–H groups in total. The fraction of sp³-hybridized carbons (Fsp3) is 0.538. The Bertz CT molecular complexity index is 450. The van der Waals surface area contributed by atoms with Crippen LogP contribution in [0.25, 0.3) is 0 Å². The van der Waals surface area contributed by atoms with Crippen LogP contribution in [-0.2, 0) is 5.60 Å². The van der Waals surface area contributed by atoms with Crippen molar-refractivity contribution in [1.29, 1.82) is 0 Å². The molecule has 1 aromatic carbocycles. The standard InChI is InChI=1S/C13H16F3NO2/c1-9-8-17-7-6-12(9,18)10-4-2-3-5-11(10)19-13(14,15)16/h2-5,9,17-18H,6-8H2,1H3. The van der Waals surface area contributed by atoms with E-state index in [1.165, 1.54) is 18.2 Å². The lowest BCUT2D eigenvalue weighted by Gasteiger charge is -2.39. The molecule has 0 radical (unpaired) electrons. The molecule has 2 unspecified atom stereocenters. The molecule has 106 valence electrons. The second-order valence-corrected chi connectivity index (χ2v) is 4.82. The summed E-state index contributed by atoms with van der Waals surface area (Å²) in [5.41, 5.74) is -1.10. The number of hydrogen-bond acceptors (Lipinski definition) is 3. The highest BCUT2D eigenvalue weighted by Crippen LogP contribution is 2.41. The quantitative estimate of drug-likeness (QED) is 0.871. The lowest BCUT2D eigenvalue weighted by Crippen LogP contribution is -2.47. The molecule has 0 spiro atoms. The van der Waals surface area contributed by atoms with E-state index in [-0.39, 0.29) is 17.2 Å². The minimum absolute atomic E-state index is 0.195. The Morgan fingerprint density at radius 3 is 2.68 bits per heavy atom. The van der Waals surface area contributed by atoms with Gasteiger partial charge < -0.3 is 15.2 Å². The number of aliphatic hydroxyl groups is 1. The van der Waals surface area contributed by atoms with Gasteiger partial charge in [0, 0.05) is 18.0 Å². The second-order valence-electron chi connectivity index (χ2n) is 4.82. The molecule has 19 heavy (non-hydrogen) atoms. The van der Waals surface area contributed by atoms with Gasteiger partial charge >= 0.3 is 6.36 Å². The van der Waals surface area contributed by atoms with Crippen LogP contribution < -0.4 is 10.1 Å². The molecule has 1 saturated heterocycles. The van der Waals surface area contributed by atoms with Gasteiger partial charge in [0.15, 0.2) is 0 Å². The first-order valence-electron chi connectivity index (χ1n) is 6.11. The van der Waals surface area contributed by atoms with Crippen LogP contribution in [0.15, 0.2) is 24.3 Å². The first kappa shape index (κ1) is 14.1. The molecule has 3 nitrogen and oxygen atoms in total. The summed E-state index contributed by atoms with van der Waals surface area (Å²) in [4.78, 5) is 0. The summed E-state index contributed by atoms with van der Waals surface area (Å²) >= 11 is 0. The number of piperidine rings is 1. The summed E-state index contributed by atoms with van der Waals surface area (Å²) < 4.78 is 41.2. The zero-order valence-electron chi connectivity index (χ0n) is 10.5. The SMILES string of the molecule is CC1CNCCC1(O)c1ccccc1OC(F)(F)F. The molecule has 2 atom stereocenters. The predicted molar refractivity (Wildman–Crippen MR) is 63.7 cm³/mol. The largest absolute Gasteiger partial charge is 0.573 e. The Hall–Kier alpha value is -1.27. The van der Waals surface area contributed by atoms with Crippen molar-refractivity contribution in [2.75, 3.05) is 13.1 Å². The van der Waals surface area contributed by atoms with Gasteiger partial charge in [0.1, 0.15) is 5.75 Å². The normalized spacial score (nSPS) is 28.2. The average Bonchev–Trinajstić information content (AvgIpc) is 2.32. The Morgan fingerprint density at radius 2 is 2.05 bits per heavy atom. The van der Waals surface area contributed by atoms with E-state index in [1.807, 2.05) is 0 Å². The number of rotatable bonds is 2. The van der Waals surface area contributed by atoms with E-state index in [1.54, 1.807) is 13.0 Å². The summed E-state index contributed by atoms with van der Waals surface area (Å²) in [6, 6.07) is 5.78. The Balaban J connectivity index is 2.38. The van der Waals surface area contributed by atoms with Gasteiger partial charge in [0.25, 0.3) is 0 Å². The first-order chi connectivity index (χ1) is 8.83. The molecule has 0 amide bonds. The highest BCUT2D eigenvalue weighted by molar-refractivity contribution is 5.39. The molecule has 0 aromatic heterocycles. The van der Waals surface area contributed by atoms with Crippen molar-refractivity contribution in [2.24, 2.45) is 5.92 Å². The van der Waals surface area contributed by atoms with Gasteiger partial charge in [-0.15, -0.1) is 13.2 Å². The van der Waals surface area contributed by atoms with Gasteiger partial charge in [-0.3, -0.25) is 0 Å². The Kier molecular flexibility index (Phi) is 3.73. The monoisotopic (exact) mass is 275 g/mol. The van der Waals surface area contributed by atoms with Crippen LogP contribution in [0.1, 0.15) is 18.9 Å². The third-order valence-electron chi connectivity index (χ3n) is 3.53. The molecular weight excluding hydrogens is 259 g/mol. The average molecular weight is 275 g/mol.